The fourth-order valence-electron chi connectivity index (χ4n) is 3.52. The fraction of sp³-hybridized carbons (Fsp3) is 0.318. The molecule has 3 N–H and O–H groups in total. The number of halogens is 3. The first-order chi connectivity index (χ1) is 15.2. The van der Waals surface area contributed by atoms with E-state index in [9.17, 15) is 14.4 Å². The van der Waals surface area contributed by atoms with E-state index in [1.807, 2.05) is 0 Å². The van der Waals surface area contributed by atoms with Gasteiger partial charge in [0.25, 0.3) is 0 Å². The Morgan fingerprint density at radius 1 is 1.03 bits per heavy atom. The highest BCUT2D eigenvalue weighted by atomic mass is 35.5. The number of likely N-dealkylation sites (tertiary alicyclic amines) is 1. The Morgan fingerprint density at radius 2 is 1.75 bits per heavy atom. The van der Waals surface area contributed by atoms with Crippen LogP contribution in [-0.4, -0.2) is 48.3 Å². The zero-order valence-electron chi connectivity index (χ0n) is 17.4. The molecular weight excluding hydrogens is 475 g/mol. The molecule has 0 saturated carbocycles. The molecule has 1 aliphatic heterocycles. The number of rotatable bonds is 7. The van der Waals surface area contributed by atoms with Crippen molar-refractivity contribution in [2.45, 2.75) is 25.8 Å². The van der Waals surface area contributed by atoms with Crippen molar-refractivity contribution in [3.63, 3.8) is 0 Å². The smallest absolute Gasteiger partial charge is 0.243 e. The van der Waals surface area contributed by atoms with E-state index in [1.54, 1.807) is 48.2 Å². The quantitative estimate of drug-likeness (QED) is 0.537. The van der Waals surface area contributed by atoms with Gasteiger partial charge in [-0.2, -0.15) is 0 Å². The van der Waals surface area contributed by atoms with Crippen molar-refractivity contribution in [3.8, 4) is 0 Å². The number of amides is 3. The molecule has 1 unspecified atom stereocenters. The summed E-state index contributed by atoms with van der Waals surface area (Å²) in [7, 11) is 0. The van der Waals surface area contributed by atoms with Crippen molar-refractivity contribution in [2.24, 2.45) is 0 Å². The summed E-state index contributed by atoms with van der Waals surface area (Å²) in [4.78, 5) is 39.1. The predicted octanol–water partition coefficient (Wildman–Crippen LogP) is 4.11. The van der Waals surface area contributed by atoms with E-state index in [1.165, 1.54) is 0 Å². The molecule has 0 radical (unpaired) electrons. The highest BCUT2D eigenvalue weighted by molar-refractivity contribution is 6.35. The summed E-state index contributed by atoms with van der Waals surface area (Å²) in [6.07, 6.45) is 1.41. The first kappa shape index (κ1) is 24.3. The van der Waals surface area contributed by atoms with E-state index < -0.39 is 6.04 Å². The van der Waals surface area contributed by atoms with Crippen LogP contribution in [0.2, 0.25) is 15.1 Å². The molecule has 1 atom stereocenters. The van der Waals surface area contributed by atoms with Gasteiger partial charge >= 0.3 is 0 Å². The van der Waals surface area contributed by atoms with Crippen LogP contribution in [0.15, 0.2) is 36.4 Å². The largest absolute Gasteiger partial charge is 0.346 e. The number of anilines is 2. The second-order valence-corrected chi connectivity index (χ2v) is 8.79. The van der Waals surface area contributed by atoms with E-state index in [-0.39, 0.29) is 30.8 Å². The average molecular weight is 498 g/mol. The molecule has 1 fully saturated rings. The molecule has 32 heavy (non-hydrogen) atoms. The van der Waals surface area contributed by atoms with E-state index >= 15 is 0 Å². The lowest BCUT2D eigenvalue weighted by Crippen LogP contribution is -2.46. The van der Waals surface area contributed by atoms with Crippen LogP contribution >= 0.6 is 34.8 Å². The molecule has 2 aromatic rings. The molecule has 7 nitrogen and oxygen atoms in total. The Morgan fingerprint density at radius 3 is 2.47 bits per heavy atom. The molecule has 170 valence electrons. The third kappa shape index (κ3) is 6.59. The summed E-state index contributed by atoms with van der Waals surface area (Å²) in [5.41, 5.74) is 1.84. The molecule has 10 heteroatoms. The zero-order chi connectivity index (χ0) is 23.3. The molecule has 0 aromatic heterocycles. The van der Waals surface area contributed by atoms with Gasteiger partial charge in [-0.25, -0.2) is 0 Å². The number of nitrogens with one attached hydrogen (secondary N) is 3. The third-order valence-corrected chi connectivity index (χ3v) is 5.98. The second kappa shape index (κ2) is 11.0. The first-order valence-corrected chi connectivity index (χ1v) is 11.2. The van der Waals surface area contributed by atoms with Crippen molar-refractivity contribution < 1.29 is 14.4 Å². The molecule has 3 amide bonds. The van der Waals surface area contributed by atoms with E-state index in [0.29, 0.717) is 39.4 Å². The number of benzene rings is 2. The van der Waals surface area contributed by atoms with Gasteiger partial charge in [-0.05, 0) is 62.2 Å². The van der Waals surface area contributed by atoms with Crippen LogP contribution in [0.1, 0.15) is 18.4 Å². The number of nitrogens with zero attached hydrogens (tertiary/aromatic N) is 1. The van der Waals surface area contributed by atoms with Crippen LogP contribution in [0.4, 0.5) is 11.4 Å². The lowest BCUT2D eigenvalue weighted by Gasteiger charge is -2.23. The molecule has 0 aliphatic carbocycles. The SMILES string of the molecule is Cc1c(Cl)cccc1NC(=O)CNC(=O)CN1CCCC1C(=O)Nc1cc(Cl)cc(Cl)c1. The minimum atomic E-state index is -0.457. The Bertz CT molecular complexity index is 1010. The normalized spacial score (nSPS) is 15.9. The Balaban J connectivity index is 1.49. The average Bonchev–Trinajstić information content (AvgIpc) is 3.17. The third-order valence-electron chi connectivity index (χ3n) is 5.13. The predicted molar refractivity (Wildman–Crippen MR) is 128 cm³/mol. The van der Waals surface area contributed by atoms with Crippen molar-refractivity contribution in [3.05, 3.63) is 57.0 Å². The highest BCUT2D eigenvalue weighted by Crippen LogP contribution is 2.25. The molecule has 0 bridgehead atoms. The summed E-state index contributed by atoms with van der Waals surface area (Å²) >= 11 is 18.0. The Hall–Kier alpha value is -2.32. The number of hydrogen-bond donors (Lipinski definition) is 3. The van der Waals surface area contributed by atoms with Crippen LogP contribution < -0.4 is 16.0 Å². The van der Waals surface area contributed by atoms with Gasteiger partial charge in [-0.15, -0.1) is 0 Å². The summed E-state index contributed by atoms with van der Waals surface area (Å²) in [5.74, 6) is -0.937. The number of hydrogen-bond acceptors (Lipinski definition) is 4. The topological polar surface area (TPSA) is 90.5 Å². The van der Waals surface area contributed by atoms with E-state index in [0.717, 1.165) is 12.0 Å². The molecular formula is C22H23Cl3N4O3. The minimum Gasteiger partial charge on any atom is -0.346 e. The fourth-order valence-corrected chi connectivity index (χ4v) is 4.22. The van der Waals surface area contributed by atoms with Gasteiger partial charge in [0.15, 0.2) is 0 Å². The van der Waals surface area contributed by atoms with Gasteiger partial charge in [0.05, 0.1) is 19.1 Å². The van der Waals surface area contributed by atoms with E-state index in [2.05, 4.69) is 16.0 Å². The van der Waals surface area contributed by atoms with Crippen LogP contribution in [0.25, 0.3) is 0 Å². The summed E-state index contributed by atoms with van der Waals surface area (Å²) < 4.78 is 0. The van der Waals surface area contributed by atoms with E-state index in [4.69, 9.17) is 34.8 Å². The standard InChI is InChI=1S/C22H23Cl3N4O3/c1-13-17(25)4-2-5-18(13)28-20(30)11-26-21(31)12-29-7-3-6-19(29)22(32)27-16-9-14(23)8-15(24)10-16/h2,4-5,8-10,19H,3,6-7,11-12H2,1H3,(H,26,31)(H,27,32)(H,28,30). The van der Waals surface area contributed by atoms with Gasteiger partial charge in [0.1, 0.15) is 0 Å². The van der Waals surface area contributed by atoms with Gasteiger partial charge in [0, 0.05) is 26.4 Å². The number of carbonyl (C=O) groups excluding carboxylic acids is 3. The molecule has 1 heterocycles. The number of carbonyl (C=O) groups is 3. The van der Waals surface area contributed by atoms with Gasteiger partial charge in [-0.3, -0.25) is 19.3 Å². The second-order valence-electron chi connectivity index (χ2n) is 7.51. The maximum absolute atomic E-state index is 12.7. The Labute approximate surface area is 201 Å². The van der Waals surface area contributed by atoms with Crippen molar-refractivity contribution >= 4 is 63.9 Å². The maximum atomic E-state index is 12.7. The van der Waals surface area contributed by atoms with Crippen molar-refractivity contribution in [2.75, 3.05) is 30.3 Å². The summed E-state index contributed by atoms with van der Waals surface area (Å²) in [6.45, 7) is 2.23. The molecule has 1 aliphatic rings. The lowest BCUT2D eigenvalue weighted by molar-refractivity contribution is -0.126. The monoisotopic (exact) mass is 496 g/mol. The first-order valence-electron chi connectivity index (χ1n) is 10.1. The van der Waals surface area contributed by atoms with Gasteiger partial charge in [0.2, 0.25) is 17.7 Å². The van der Waals surface area contributed by atoms with Crippen LogP contribution in [0, 0.1) is 6.92 Å². The van der Waals surface area contributed by atoms with Crippen LogP contribution in [-0.2, 0) is 14.4 Å². The van der Waals surface area contributed by atoms with Crippen molar-refractivity contribution in [1.82, 2.24) is 10.2 Å². The lowest BCUT2D eigenvalue weighted by atomic mass is 10.2. The maximum Gasteiger partial charge on any atom is 0.243 e. The molecule has 0 spiro atoms. The van der Waals surface area contributed by atoms with Crippen molar-refractivity contribution in [1.29, 1.82) is 0 Å². The molecule has 1 saturated heterocycles. The minimum absolute atomic E-state index is 0.0118. The summed E-state index contributed by atoms with van der Waals surface area (Å²) in [5, 5.41) is 9.50. The van der Waals surface area contributed by atoms with Gasteiger partial charge < -0.3 is 16.0 Å². The molecule has 3 rings (SSSR count). The zero-order valence-corrected chi connectivity index (χ0v) is 19.7. The van der Waals surface area contributed by atoms with Crippen LogP contribution in [0.3, 0.4) is 0 Å². The molecule has 2 aromatic carbocycles. The van der Waals surface area contributed by atoms with Gasteiger partial charge in [-0.1, -0.05) is 40.9 Å². The Kier molecular flexibility index (Phi) is 8.37. The summed E-state index contributed by atoms with van der Waals surface area (Å²) in [6, 6.07) is 9.55. The van der Waals surface area contributed by atoms with Crippen LogP contribution in [0.5, 0.6) is 0 Å². The highest BCUT2D eigenvalue weighted by Gasteiger charge is 2.32.